The van der Waals surface area contributed by atoms with Gasteiger partial charge in [0.25, 0.3) is 0 Å². The highest BCUT2D eigenvalue weighted by atomic mass is 19.2. The Bertz CT molecular complexity index is 579. The molecule has 1 nitrogen and oxygen atoms in total. The summed E-state index contributed by atoms with van der Waals surface area (Å²) in [7, 11) is 0. The van der Waals surface area contributed by atoms with Gasteiger partial charge in [0.1, 0.15) is 5.82 Å². The molecule has 0 fully saturated rings. The summed E-state index contributed by atoms with van der Waals surface area (Å²) in [5.41, 5.74) is -0.524. The zero-order chi connectivity index (χ0) is 12.4. The van der Waals surface area contributed by atoms with Crippen molar-refractivity contribution in [1.82, 2.24) is 0 Å². The first kappa shape index (κ1) is 11.4. The van der Waals surface area contributed by atoms with Gasteiger partial charge in [0.2, 0.25) is 0 Å². The minimum absolute atomic E-state index is 0.133. The maximum atomic E-state index is 13.7. The van der Waals surface area contributed by atoms with Crippen LogP contribution in [-0.4, -0.2) is 6.29 Å². The Morgan fingerprint density at radius 3 is 2.06 bits per heavy atom. The first-order chi connectivity index (χ1) is 8.15. The third kappa shape index (κ3) is 1.93. The molecule has 0 heterocycles. The van der Waals surface area contributed by atoms with Crippen molar-refractivity contribution < 1.29 is 18.0 Å². The molecule has 0 radical (unpaired) electrons. The molecule has 0 aliphatic rings. The summed E-state index contributed by atoms with van der Waals surface area (Å²) < 4.78 is 40.2. The molecule has 0 aliphatic carbocycles. The predicted octanol–water partition coefficient (Wildman–Crippen LogP) is 3.58. The van der Waals surface area contributed by atoms with E-state index < -0.39 is 17.5 Å². The topological polar surface area (TPSA) is 17.1 Å². The van der Waals surface area contributed by atoms with Gasteiger partial charge in [-0.3, -0.25) is 4.79 Å². The summed E-state index contributed by atoms with van der Waals surface area (Å²) in [6.45, 7) is 0. The Morgan fingerprint density at radius 1 is 0.824 bits per heavy atom. The number of aldehydes is 1. The molecule has 0 N–H and O–H groups in total. The van der Waals surface area contributed by atoms with E-state index in [1.165, 1.54) is 30.3 Å². The Labute approximate surface area is 95.5 Å². The van der Waals surface area contributed by atoms with Gasteiger partial charge in [-0.05, 0) is 12.1 Å². The Hall–Kier alpha value is -2.10. The minimum Gasteiger partial charge on any atom is -0.298 e. The van der Waals surface area contributed by atoms with E-state index in [-0.39, 0.29) is 16.7 Å². The van der Waals surface area contributed by atoms with E-state index in [1.54, 1.807) is 0 Å². The van der Waals surface area contributed by atoms with Crippen LogP contribution >= 0.6 is 0 Å². The highest BCUT2D eigenvalue weighted by Crippen LogP contribution is 2.27. The molecule has 2 rings (SSSR count). The van der Waals surface area contributed by atoms with Crippen molar-refractivity contribution in [3.8, 4) is 11.1 Å². The summed E-state index contributed by atoms with van der Waals surface area (Å²) in [5.74, 6) is -3.04. The molecule has 2 aromatic carbocycles. The zero-order valence-electron chi connectivity index (χ0n) is 8.58. The molecule has 0 unspecified atom stereocenters. The third-order valence-corrected chi connectivity index (χ3v) is 2.40. The minimum atomic E-state index is -1.13. The van der Waals surface area contributed by atoms with Gasteiger partial charge in [0, 0.05) is 11.1 Å². The molecule has 0 saturated carbocycles. The monoisotopic (exact) mass is 236 g/mol. The molecule has 0 amide bonds. The van der Waals surface area contributed by atoms with E-state index in [0.29, 0.717) is 6.29 Å². The molecule has 0 atom stereocenters. The van der Waals surface area contributed by atoms with E-state index in [9.17, 15) is 18.0 Å². The van der Waals surface area contributed by atoms with Crippen molar-refractivity contribution in [2.45, 2.75) is 0 Å². The second-order valence-corrected chi connectivity index (χ2v) is 3.43. The van der Waals surface area contributed by atoms with E-state index in [2.05, 4.69) is 0 Å². The third-order valence-electron chi connectivity index (χ3n) is 2.40. The molecule has 0 bridgehead atoms. The fourth-order valence-corrected chi connectivity index (χ4v) is 1.56. The standard InChI is InChI=1S/C13H7F3O/c14-11-6-2-5-10(13(11)16)9-4-1-3-8(7-17)12(9)15/h1-7H. The van der Waals surface area contributed by atoms with E-state index in [4.69, 9.17) is 0 Å². The second kappa shape index (κ2) is 4.41. The van der Waals surface area contributed by atoms with Crippen molar-refractivity contribution in [3.05, 3.63) is 59.4 Å². The largest absolute Gasteiger partial charge is 0.298 e. The number of halogens is 3. The van der Waals surface area contributed by atoms with Crippen molar-refractivity contribution in [3.63, 3.8) is 0 Å². The Balaban J connectivity index is 2.69. The van der Waals surface area contributed by atoms with E-state index in [1.807, 2.05) is 0 Å². The lowest BCUT2D eigenvalue weighted by Gasteiger charge is -2.06. The molecular formula is C13H7F3O. The normalized spacial score (nSPS) is 10.3. The summed E-state index contributed by atoms with van der Waals surface area (Å²) >= 11 is 0. The number of hydrogen-bond acceptors (Lipinski definition) is 1. The summed E-state index contributed by atoms with van der Waals surface area (Å²) in [5, 5.41) is 0. The van der Waals surface area contributed by atoms with Gasteiger partial charge in [-0.1, -0.05) is 24.3 Å². The number of carbonyl (C=O) groups is 1. The first-order valence-electron chi connectivity index (χ1n) is 4.83. The highest BCUT2D eigenvalue weighted by molar-refractivity contribution is 5.79. The summed E-state index contributed by atoms with van der Waals surface area (Å²) in [4.78, 5) is 10.6. The van der Waals surface area contributed by atoms with Crippen molar-refractivity contribution in [1.29, 1.82) is 0 Å². The highest BCUT2D eigenvalue weighted by Gasteiger charge is 2.15. The number of benzene rings is 2. The molecule has 2 aromatic rings. The second-order valence-electron chi connectivity index (χ2n) is 3.43. The lowest BCUT2D eigenvalue weighted by atomic mass is 10.0. The fraction of sp³-hybridized carbons (Fsp3) is 0. The molecule has 0 aliphatic heterocycles. The van der Waals surface area contributed by atoms with Crippen LogP contribution in [0.5, 0.6) is 0 Å². The van der Waals surface area contributed by atoms with Gasteiger partial charge in [0.05, 0.1) is 5.56 Å². The van der Waals surface area contributed by atoms with Crippen LogP contribution in [0.15, 0.2) is 36.4 Å². The number of hydrogen-bond donors (Lipinski definition) is 0. The zero-order valence-corrected chi connectivity index (χ0v) is 8.58. The smallest absolute Gasteiger partial charge is 0.166 e. The molecule has 86 valence electrons. The van der Waals surface area contributed by atoms with Gasteiger partial charge in [-0.15, -0.1) is 0 Å². The SMILES string of the molecule is O=Cc1cccc(-c2cccc(F)c2F)c1F. The lowest BCUT2D eigenvalue weighted by Crippen LogP contribution is -1.95. The predicted molar refractivity (Wildman–Crippen MR) is 57.1 cm³/mol. The molecule has 4 heteroatoms. The Kier molecular flexibility index (Phi) is 2.95. The van der Waals surface area contributed by atoms with E-state index >= 15 is 0 Å². The van der Waals surface area contributed by atoms with Crippen LogP contribution in [0, 0.1) is 17.5 Å². The fourth-order valence-electron chi connectivity index (χ4n) is 1.56. The molecule has 17 heavy (non-hydrogen) atoms. The molecule has 0 spiro atoms. The van der Waals surface area contributed by atoms with Gasteiger partial charge in [0.15, 0.2) is 17.9 Å². The van der Waals surface area contributed by atoms with Crippen LogP contribution in [0.4, 0.5) is 13.2 Å². The van der Waals surface area contributed by atoms with E-state index in [0.717, 1.165) is 6.07 Å². The van der Waals surface area contributed by atoms with Gasteiger partial charge in [-0.25, -0.2) is 13.2 Å². The van der Waals surface area contributed by atoms with Crippen LogP contribution in [-0.2, 0) is 0 Å². The first-order valence-corrected chi connectivity index (χ1v) is 4.83. The summed E-state index contributed by atoms with van der Waals surface area (Å²) in [6.07, 6.45) is 0.329. The van der Waals surface area contributed by atoms with Crippen LogP contribution in [0.2, 0.25) is 0 Å². The average molecular weight is 236 g/mol. The molecule has 0 saturated heterocycles. The molecular weight excluding hydrogens is 229 g/mol. The van der Waals surface area contributed by atoms with Gasteiger partial charge in [-0.2, -0.15) is 0 Å². The maximum Gasteiger partial charge on any atom is 0.166 e. The van der Waals surface area contributed by atoms with Crippen molar-refractivity contribution in [2.24, 2.45) is 0 Å². The van der Waals surface area contributed by atoms with Crippen LogP contribution in [0.1, 0.15) is 10.4 Å². The quantitative estimate of drug-likeness (QED) is 0.728. The molecule has 0 aromatic heterocycles. The number of rotatable bonds is 2. The Morgan fingerprint density at radius 2 is 1.41 bits per heavy atom. The van der Waals surface area contributed by atoms with Crippen LogP contribution < -0.4 is 0 Å². The van der Waals surface area contributed by atoms with Crippen molar-refractivity contribution in [2.75, 3.05) is 0 Å². The van der Waals surface area contributed by atoms with Crippen LogP contribution in [0.25, 0.3) is 11.1 Å². The summed E-state index contributed by atoms with van der Waals surface area (Å²) in [6, 6.07) is 7.45. The average Bonchev–Trinajstić information content (AvgIpc) is 2.33. The maximum absolute atomic E-state index is 13.7. The number of carbonyl (C=O) groups excluding carboxylic acids is 1. The van der Waals surface area contributed by atoms with Crippen molar-refractivity contribution >= 4 is 6.29 Å². The van der Waals surface area contributed by atoms with Crippen LogP contribution in [0.3, 0.4) is 0 Å². The lowest BCUT2D eigenvalue weighted by molar-refractivity contribution is 0.112. The van der Waals surface area contributed by atoms with Gasteiger partial charge >= 0.3 is 0 Å². The van der Waals surface area contributed by atoms with Gasteiger partial charge < -0.3 is 0 Å².